The van der Waals surface area contributed by atoms with Gasteiger partial charge in [0.2, 0.25) is 10.0 Å². The van der Waals surface area contributed by atoms with Crippen LogP contribution >= 0.6 is 11.6 Å². The van der Waals surface area contributed by atoms with E-state index in [1.165, 1.54) is 12.1 Å². The Labute approximate surface area is 121 Å². The van der Waals surface area contributed by atoms with Gasteiger partial charge in [-0.2, -0.15) is 0 Å². The van der Waals surface area contributed by atoms with Crippen LogP contribution < -0.4 is 4.72 Å². The number of carboxylic acid groups (broad SMARTS) is 1. The fraction of sp³-hybridized carbons (Fsp3) is 0.417. The third-order valence-corrected chi connectivity index (χ3v) is 5.06. The van der Waals surface area contributed by atoms with Crippen molar-refractivity contribution < 1.29 is 23.1 Å². The molecule has 110 valence electrons. The predicted octanol–water partition coefficient (Wildman–Crippen LogP) is 1.49. The van der Waals surface area contributed by atoms with Crippen LogP contribution in [0.15, 0.2) is 23.1 Å². The number of carbonyl (C=O) groups is 1. The van der Waals surface area contributed by atoms with Gasteiger partial charge in [0.25, 0.3) is 0 Å². The minimum Gasteiger partial charge on any atom is -0.478 e. The second-order valence-electron chi connectivity index (χ2n) is 4.59. The Hall–Kier alpha value is -1.15. The molecule has 0 radical (unpaired) electrons. The van der Waals surface area contributed by atoms with Crippen LogP contribution in [-0.4, -0.2) is 38.7 Å². The summed E-state index contributed by atoms with van der Waals surface area (Å²) in [6, 6.07) is 3.38. The van der Waals surface area contributed by atoms with Crippen molar-refractivity contribution in [3.8, 4) is 0 Å². The number of carboxylic acids is 1. The van der Waals surface area contributed by atoms with Crippen molar-refractivity contribution in [3.05, 3.63) is 28.8 Å². The zero-order valence-corrected chi connectivity index (χ0v) is 12.2. The lowest BCUT2D eigenvalue weighted by Crippen LogP contribution is -2.47. The summed E-state index contributed by atoms with van der Waals surface area (Å²) in [7, 11) is -2.12. The Kier molecular flexibility index (Phi) is 4.33. The number of hydrogen-bond donors (Lipinski definition) is 2. The van der Waals surface area contributed by atoms with E-state index in [0.717, 1.165) is 6.07 Å². The maximum absolute atomic E-state index is 12.1. The Morgan fingerprint density at radius 1 is 1.45 bits per heavy atom. The van der Waals surface area contributed by atoms with Crippen molar-refractivity contribution in [2.24, 2.45) is 0 Å². The molecule has 1 aliphatic carbocycles. The number of nitrogens with one attached hydrogen (secondary N) is 1. The van der Waals surface area contributed by atoms with E-state index in [9.17, 15) is 13.2 Å². The summed E-state index contributed by atoms with van der Waals surface area (Å²) >= 11 is 5.77. The van der Waals surface area contributed by atoms with Crippen molar-refractivity contribution in [1.29, 1.82) is 0 Å². The predicted molar refractivity (Wildman–Crippen MR) is 72.6 cm³/mol. The molecule has 6 nitrogen and oxygen atoms in total. The number of benzene rings is 1. The largest absolute Gasteiger partial charge is 0.478 e. The molecule has 1 aliphatic rings. The molecule has 0 atom stereocenters. The average molecular weight is 320 g/mol. The lowest BCUT2D eigenvalue weighted by Gasteiger charge is -2.34. The van der Waals surface area contributed by atoms with Crippen LogP contribution in [0.4, 0.5) is 0 Å². The molecule has 1 aromatic carbocycles. The fourth-order valence-electron chi connectivity index (χ4n) is 1.98. The molecular weight excluding hydrogens is 306 g/mol. The van der Waals surface area contributed by atoms with Crippen molar-refractivity contribution >= 4 is 27.6 Å². The molecule has 0 aromatic heterocycles. The van der Waals surface area contributed by atoms with Gasteiger partial charge >= 0.3 is 5.97 Å². The number of aromatic carboxylic acids is 1. The molecule has 1 fully saturated rings. The highest BCUT2D eigenvalue weighted by molar-refractivity contribution is 7.89. The van der Waals surface area contributed by atoms with Crippen LogP contribution in [0.5, 0.6) is 0 Å². The van der Waals surface area contributed by atoms with Crippen molar-refractivity contribution in [2.75, 3.05) is 7.11 Å². The molecule has 0 heterocycles. The van der Waals surface area contributed by atoms with Gasteiger partial charge < -0.3 is 9.84 Å². The second kappa shape index (κ2) is 5.69. The zero-order chi connectivity index (χ0) is 14.9. The Balaban J connectivity index is 2.14. The first-order chi connectivity index (χ1) is 9.33. The molecule has 0 spiro atoms. The lowest BCUT2D eigenvalue weighted by molar-refractivity contribution is 0.0236. The summed E-state index contributed by atoms with van der Waals surface area (Å²) in [6.45, 7) is 0. The third kappa shape index (κ3) is 3.12. The number of methoxy groups -OCH3 is 1. The Morgan fingerprint density at radius 3 is 2.60 bits per heavy atom. The topological polar surface area (TPSA) is 92.7 Å². The number of ether oxygens (including phenoxy) is 1. The smallest absolute Gasteiger partial charge is 0.337 e. The van der Waals surface area contributed by atoms with Crippen LogP contribution in [0.3, 0.4) is 0 Å². The summed E-state index contributed by atoms with van der Waals surface area (Å²) in [4.78, 5) is 10.8. The van der Waals surface area contributed by atoms with E-state index in [-0.39, 0.29) is 27.6 Å². The van der Waals surface area contributed by atoms with Crippen LogP contribution in [0.25, 0.3) is 0 Å². The Morgan fingerprint density at radius 2 is 2.10 bits per heavy atom. The van der Waals surface area contributed by atoms with E-state index >= 15 is 0 Å². The normalized spacial score (nSPS) is 22.3. The first kappa shape index (κ1) is 15.2. The van der Waals surface area contributed by atoms with E-state index in [2.05, 4.69) is 4.72 Å². The van der Waals surface area contributed by atoms with Crippen molar-refractivity contribution in [3.63, 3.8) is 0 Å². The van der Waals surface area contributed by atoms with Gasteiger partial charge in [0.05, 0.1) is 21.6 Å². The van der Waals surface area contributed by atoms with E-state index < -0.39 is 16.0 Å². The summed E-state index contributed by atoms with van der Waals surface area (Å²) in [5, 5.41) is 8.74. The summed E-state index contributed by atoms with van der Waals surface area (Å²) in [5.41, 5.74) is -0.131. The van der Waals surface area contributed by atoms with Gasteiger partial charge in [-0.05, 0) is 31.0 Å². The van der Waals surface area contributed by atoms with E-state index in [1.807, 2.05) is 0 Å². The van der Waals surface area contributed by atoms with Crippen LogP contribution in [-0.2, 0) is 14.8 Å². The van der Waals surface area contributed by atoms with Gasteiger partial charge in [0.15, 0.2) is 0 Å². The van der Waals surface area contributed by atoms with Crippen LogP contribution in [0.2, 0.25) is 5.02 Å². The first-order valence-electron chi connectivity index (χ1n) is 5.91. The molecule has 1 saturated carbocycles. The number of sulfonamides is 1. The zero-order valence-electron chi connectivity index (χ0n) is 10.7. The van der Waals surface area contributed by atoms with E-state index in [1.54, 1.807) is 7.11 Å². The maximum Gasteiger partial charge on any atom is 0.337 e. The van der Waals surface area contributed by atoms with Gasteiger partial charge in [-0.3, -0.25) is 0 Å². The highest BCUT2D eigenvalue weighted by Crippen LogP contribution is 2.26. The van der Waals surface area contributed by atoms with Crippen LogP contribution in [0.1, 0.15) is 23.2 Å². The molecule has 2 N–H and O–H groups in total. The molecule has 0 aliphatic heterocycles. The van der Waals surface area contributed by atoms with E-state index in [0.29, 0.717) is 12.8 Å². The van der Waals surface area contributed by atoms with Crippen LogP contribution in [0, 0.1) is 0 Å². The molecule has 8 heteroatoms. The number of rotatable bonds is 5. The molecule has 2 rings (SSSR count). The van der Waals surface area contributed by atoms with E-state index in [4.69, 9.17) is 21.4 Å². The van der Waals surface area contributed by atoms with Gasteiger partial charge in [-0.15, -0.1) is 0 Å². The molecular formula is C12H14ClNO5S. The Bertz CT molecular complexity index is 625. The average Bonchev–Trinajstić information content (AvgIpc) is 2.32. The molecule has 0 unspecified atom stereocenters. The second-order valence-corrected chi connectivity index (χ2v) is 6.72. The number of halogens is 1. The first-order valence-corrected chi connectivity index (χ1v) is 7.77. The number of hydrogen-bond acceptors (Lipinski definition) is 4. The van der Waals surface area contributed by atoms with Gasteiger partial charge in [-0.1, -0.05) is 11.6 Å². The molecule has 0 amide bonds. The summed E-state index contributed by atoms with van der Waals surface area (Å²) < 4.78 is 31.8. The van der Waals surface area contributed by atoms with Crippen molar-refractivity contribution in [1.82, 2.24) is 4.72 Å². The standard InChI is InChI=1S/C12H14ClNO5S/c1-19-8-4-7(5-8)14-20(17,18)9-2-3-10(12(15)16)11(13)6-9/h2-3,6-8,14H,4-5H2,1H3,(H,15,16). The monoisotopic (exact) mass is 319 g/mol. The summed E-state index contributed by atoms with van der Waals surface area (Å²) in [6.07, 6.45) is 1.33. The highest BCUT2D eigenvalue weighted by Gasteiger charge is 2.32. The fourth-order valence-corrected chi connectivity index (χ4v) is 3.59. The molecule has 20 heavy (non-hydrogen) atoms. The SMILES string of the molecule is COC1CC(NS(=O)(=O)c2ccc(C(=O)O)c(Cl)c2)C1. The quantitative estimate of drug-likeness (QED) is 0.858. The molecule has 1 aromatic rings. The van der Waals surface area contributed by atoms with Crippen molar-refractivity contribution in [2.45, 2.75) is 29.9 Å². The minimum absolute atomic E-state index is 0.0478. The third-order valence-electron chi connectivity index (χ3n) is 3.23. The maximum atomic E-state index is 12.1. The van der Waals surface area contributed by atoms with Gasteiger partial charge in [0.1, 0.15) is 0 Å². The molecule has 0 bridgehead atoms. The minimum atomic E-state index is -3.70. The van der Waals surface area contributed by atoms with Gasteiger partial charge in [0, 0.05) is 13.2 Å². The summed E-state index contributed by atoms with van der Waals surface area (Å²) in [5.74, 6) is -1.20. The molecule has 0 saturated heterocycles. The highest BCUT2D eigenvalue weighted by atomic mass is 35.5. The lowest BCUT2D eigenvalue weighted by atomic mass is 9.90. The van der Waals surface area contributed by atoms with Gasteiger partial charge in [-0.25, -0.2) is 17.9 Å².